The average molecular weight is 293 g/mol. The minimum absolute atomic E-state index is 0.467. The van der Waals surface area contributed by atoms with Crippen molar-refractivity contribution in [2.75, 3.05) is 0 Å². The molecule has 0 saturated heterocycles. The van der Waals surface area contributed by atoms with Crippen LogP contribution >= 0.6 is 11.6 Å². The highest BCUT2D eigenvalue weighted by Crippen LogP contribution is 2.17. The third kappa shape index (κ3) is 3.61. The zero-order valence-corrected chi connectivity index (χ0v) is 12.3. The van der Waals surface area contributed by atoms with Crippen LogP contribution in [0.3, 0.4) is 0 Å². The molecule has 5 heteroatoms. The minimum Gasteiger partial charge on any atom is -0.481 e. The van der Waals surface area contributed by atoms with Gasteiger partial charge in [0.25, 0.3) is 0 Å². The van der Waals surface area contributed by atoms with E-state index >= 15 is 0 Å². The van der Waals surface area contributed by atoms with E-state index in [0.717, 1.165) is 17.0 Å². The maximum atomic E-state index is 11.4. The van der Waals surface area contributed by atoms with Crippen molar-refractivity contribution in [2.24, 2.45) is 13.0 Å². The van der Waals surface area contributed by atoms with E-state index < -0.39 is 11.9 Å². The normalized spacial score (nSPS) is 12.3. The van der Waals surface area contributed by atoms with Crippen LogP contribution in [0.15, 0.2) is 30.3 Å². The molecule has 2 rings (SSSR count). The van der Waals surface area contributed by atoms with Gasteiger partial charge in [-0.05, 0) is 37.1 Å². The summed E-state index contributed by atoms with van der Waals surface area (Å²) in [5, 5.41) is 14.3. The molecule has 1 atom stereocenters. The number of aliphatic carboxylic acids is 1. The van der Waals surface area contributed by atoms with Gasteiger partial charge in [-0.25, -0.2) is 0 Å². The lowest BCUT2D eigenvalue weighted by atomic mass is 9.95. The van der Waals surface area contributed by atoms with Gasteiger partial charge in [-0.15, -0.1) is 0 Å². The van der Waals surface area contributed by atoms with Crippen LogP contribution in [0.2, 0.25) is 5.02 Å². The number of hydrogen-bond donors (Lipinski definition) is 1. The summed E-state index contributed by atoms with van der Waals surface area (Å²) in [6.45, 7) is 1.90. The largest absolute Gasteiger partial charge is 0.481 e. The molecule has 106 valence electrons. The molecule has 0 amide bonds. The second-order valence-electron chi connectivity index (χ2n) is 4.97. The summed E-state index contributed by atoms with van der Waals surface area (Å²) in [5.41, 5.74) is 2.81. The standard InChI is InChI=1S/C15H17ClN2O2/c1-10-7-14(18(2)17-10)9-12(15(19)20)8-11-3-5-13(16)6-4-11/h3-7,12H,8-9H2,1-2H3,(H,19,20). The molecule has 0 aliphatic carbocycles. The highest BCUT2D eigenvalue weighted by atomic mass is 35.5. The number of nitrogens with zero attached hydrogens (tertiary/aromatic N) is 2. The molecule has 0 saturated carbocycles. The number of rotatable bonds is 5. The van der Waals surface area contributed by atoms with Crippen molar-refractivity contribution in [3.05, 3.63) is 52.3 Å². The van der Waals surface area contributed by atoms with Crippen molar-refractivity contribution in [2.45, 2.75) is 19.8 Å². The van der Waals surface area contributed by atoms with Crippen molar-refractivity contribution in [1.82, 2.24) is 9.78 Å². The summed E-state index contributed by atoms with van der Waals surface area (Å²) in [6, 6.07) is 9.23. The fourth-order valence-corrected chi connectivity index (χ4v) is 2.39. The van der Waals surface area contributed by atoms with Crippen molar-refractivity contribution in [3.63, 3.8) is 0 Å². The Balaban J connectivity index is 2.13. The van der Waals surface area contributed by atoms with Gasteiger partial charge in [0.2, 0.25) is 0 Å². The SMILES string of the molecule is Cc1cc(CC(Cc2ccc(Cl)cc2)C(=O)O)n(C)n1. The van der Waals surface area contributed by atoms with E-state index in [2.05, 4.69) is 5.10 Å². The van der Waals surface area contributed by atoms with E-state index in [1.165, 1.54) is 0 Å². The topological polar surface area (TPSA) is 55.1 Å². The molecule has 1 unspecified atom stereocenters. The lowest BCUT2D eigenvalue weighted by Crippen LogP contribution is -2.20. The molecule has 1 heterocycles. The van der Waals surface area contributed by atoms with Gasteiger partial charge in [-0.2, -0.15) is 5.10 Å². The van der Waals surface area contributed by atoms with Crippen LogP contribution in [0, 0.1) is 12.8 Å². The lowest BCUT2D eigenvalue weighted by Gasteiger charge is -2.12. The van der Waals surface area contributed by atoms with Gasteiger partial charge in [0.15, 0.2) is 0 Å². The number of halogens is 1. The molecule has 1 N–H and O–H groups in total. The monoisotopic (exact) mass is 292 g/mol. The Morgan fingerprint density at radius 1 is 1.35 bits per heavy atom. The summed E-state index contributed by atoms with van der Waals surface area (Å²) >= 11 is 5.84. The Hall–Kier alpha value is -1.81. The molecule has 4 nitrogen and oxygen atoms in total. The van der Waals surface area contributed by atoms with Gasteiger partial charge < -0.3 is 5.11 Å². The Kier molecular flexibility index (Phi) is 4.45. The minimum atomic E-state index is -0.793. The molecule has 0 aliphatic heterocycles. The quantitative estimate of drug-likeness (QED) is 0.922. The van der Waals surface area contributed by atoms with Gasteiger partial charge in [-0.3, -0.25) is 9.48 Å². The predicted octanol–water partition coefficient (Wildman–Crippen LogP) is 2.87. The van der Waals surface area contributed by atoms with Gasteiger partial charge in [-0.1, -0.05) is 23.7 Å². The number of hydrogen-bond acceptors (Lipinski definition) is 2. The number of carboxylic acid groups (broad SMARTS) is 1. The predicted molar refractivity (Wildman–Crippen MR) is 77.9 cm³/mol. The Morgan fingerprint density at radius 3 is 2.50 bits per heavy atom. The van der Waals surface area contributed by atoms with Crippen molar-refractivity contribution < 1.29 is 9.90 Å². The van der Waals surface area contributed by atoms with Crippen LogP contribution in [0.4, 0.5) is 0 Å². The smallest absolute Gasteiger partial charge is 0.307 e. The third-order valence-corrected chi connectivity index (χ3v) is 3.55. The van der Waals surface area contributed by atoms with E-state index in [0.29, 0.717) is 17.9 Å². The number of carboxylic acids is 1. The zero-order chi connectivity index (χ0) is 14.7. The fraction of sp³-hybridized carbons (Fsp3) is 0.333. The summed E-state index contributed by atoms with van der Waals surface area (Å²) < 4.78 is 1.74. The number of aryl methyl sites for hydroxylation is 2. The van der Waals surface area contributed by atoms with Crippen LogP contribution in [-0.2, 0) is 24.7 Å². The summed E-state index contributed by atoms with van der Waals surface area (Å²) in [5.74, 6) is -1.26. The zero-order valence-electron chi connectivity index (χ0n) is 11.5. The van der Waals surface area contributed by atoms with Crippen LogP contribution in [0.1, 0.15) is 17.0 Å². The Morgan fingerprint density at radius 2 is 2.00 bits per heavy atom. The molecule has 1 aromatic heterocycles. The van der Waals surface area contributed by atoms with E-state index in [1.807, 2.05) is 32.2 Å². The Labute approximate surface area is 123 Å². The second-order valence-corrected chi connectivity index (χ2v) is 5.41. The number of carbonyl (C=O) groups is 1. The molecule has 0 aliphatic rings. The first-order valence-electron chi connectivity index (χ1n) is 6.42. The first kappa shape index (κ1) is 14.6. The summed E-state index contributed by atoms with van der Waals surface area (Å²) in [6.07, 6.45) is 0.950. The highest BCUT2D eigenvalue weighted by molar-refractivity contribution is 6.30. The van der Waals surface area contributed by atoms with Crippen molar-refractivity contribution in [1.29, 1.82) is 0 Å². The van der Waals surface area contributed by atoms with Crippen LogP contribution in [0.25, 0.3) is 0 Å². The maximum Gasteiger partial charge on any atom is 0.307 e. The molecule has 20 heavy (non-hydrogen) atoms. The van der Waals surface area contributed by atoms with E-state index in [1.54, 1.807) is 16.8 Å². The van der Waals surface area contributed by atoms with Gasteiger partial charge >= 0.3 is 5.97 Å². The highest BCUT2D eigenvalue weighted by Gasteiger charge is 2.20. The molecule has 0 fully saturated rings. The first-order chi connectivity index (χ1) is 9.45. The molecule has 0 radical (unpaired) electrons. The molecule has 0 bridgehead atoms. The van der Waals surface area contributed by atoms with Crippen LogP contribution in [-0.4, -0.2) is 20.9 Å². The van der Waals surface area contributed by atoms with Crippen molar-refractivity contribution in [3.8, 4) is 0 Å². The van der Waals surface area contributed by atoms with Gasteiger partial charge in [0.1, 0.15) is 0 Å². The van der Waals surface area contributed by atoms with Crippen molar-refractivity contribution >= 4 is 17.6 Å². The second kappa shape index (κ2) is 6.09. The maximum absolute atomic E-state index is 11.4. The molecular formula is C15H17ClN2O2. The Bertz CT molecular complexity index is 605. The van der Waals surface area contributed by atoms with E-state index in [4.69, 9.17) is 11.6 Å². The van der Waals surface area contributed by atoms with Crippen LogP contribution in [0.5, 0.6) is 0 Å². The van der Waals surface area contributed by atoms with E-state index in [9.17, 15) is 9.90 Å². The number of aromatic nitrogens is 2. The van der Waals surface area contributed by atoms with E-state index in [-0.39, 0.29) is 0 Å². The lowest BCUT2D eigenvalue weighted by molar-refractivity contribution is -0.141. The molecule has 2 aromatic rings. The van der Waals surface area contributed by atoms with Crippen LogP contribution < -0.4 is 0 Å². The third-order valence-electron chi connectivity index (χ3n) is 3.30. The average Bonchev–Trinajstić information content (AvgIpc) is 2.69. The molecular weight excluding hydrogens is 276 g/mol. The van der Waals surface area contributed by atoms with Gasteiger partial charge in [0, 0.05) is 24.2 Å². The summed E-state index contributed by atoms with van der Waals surface area (Å²) in [7, 11) is 1.84. The number of benzene rings is 1. The summed E-state index contributed by atoms with van der Waals surface area (Å²) in [4.78, 5) is 11.4. The molecule has 1 aromatic carbocycles. The molecule has 0 spiro atoms. The van der Waals surface area contributed by atoms with Gasteiger partial charge in [0.05, 0.1) is 11.6 Å². The fourth-order valence-electron chi connectivity index (χ4n) is 2.26. The first-order valence-corrected chi connectivity index (χ1v) is 6.80.